The number of hydrogen-bond acceptors (Lipinski definition) is 4. The van der Waals surface area contributed by atoms with Crippen LogP contribution < -0.4 is 10.2 Å². The Balaban J connectivity index is 2.06. The number of carbonyl (C=O) groups is 1. The first-order valence-corrected chi connectivity index (χ1v) is 6.38. The third-order valence-corrected chi connectivity index (χ3v) is 2.97. The van der Waals surface area contributed by atoms with Crippen LogP contribution in [0.2, 0.25) is 0 Å². The van der Waals surface area contributed by atoms with E-state index in [1.54, 1.807) is 24.3 Å². The number of nitrogens with one attached hydrogen (secondary N) is 1. The van der Waals surface area contributed by atoms with E-state index in [-0.39, 0.29) is 11.7 Å². The molecule has 5 heteroatoms. The van der Waals surface area contributed by atoms with E-state index in [2.05, 4.69) is 10.5 Å². The monoisotopic (exact) mass is 284 g/mol. The molecule has 0 aliphatic carbocycles. The second kappa shape index (κ2) is 6.56. The van der Waals surface area contributed by atoms with Gasteiger partial charge in [0.15, 0.2) is 11.5 Å². The summed E-state index contributed by atoms with van der Waals surface area (Å²) < 4.78 is 5.00. The van der Waals surface area contributed by atoms with Crippen LogP contribution in [0.25, 0.3) is 0 Å². The van der Waals surface area contributed by atoms with Crippen LogP contribution >= 0.6 is 0 Å². The summed E-state index contributed by atoms with van der Waals surface area (Å²) in [7, 11) is 1.47. The topological polar surface area (TPSA) is 70.9 Å². The molecule has 1 amide bonds. The van der Waals surface area contributed by atoms with Gasteiger partial charge in [-0.3, -0.25) is 4.79 Å². The van der Waals surface area contributed by atoms with Crippen LogP contribution in [0.5, 0.6) is 11.5 Å². The highest BCUT2D eigenvalue weighted by molar-refractivity contribution is 5.96. The van der Waals surface area contributed by atoms with Crippen molar-refractivity contribution in [2.24, 2.45) is 5.10 Å². The molecular weight excluding hydrogens is 268 g/mol. The van der Waals surface area contributed by atoms with Gasteiger partial charge < -0.3 is 9.84 Å². The maximum absolute atomic E-state index is 11.9. The van der Waals surface area contributed by atoms with Gasteiger partial charge in [-0.15, -0.1) is 0 Å². The molecule has 0 atom stereocenters. The molecule has 0 unspecified atom stereocenters. The first-order valence-electron chi connectivity index (χ1n) is 6.38. The maximum atomic E-state index is 11.9. The fourth-order valence-corrected chi connectivity index (χ4v) is 1.83. The van der Waals surface area contributed by atoms with Crippen molar-refractivity contribution < 1.29 is 14.6 Å². The quantitative estimate of drug-likeness (QED) is 0.669. The van der Waals surface area contributed by atoms with Crippen molar-refractivity contribution in [3.63, 3.8) is 0 Å². The minimum atomic E-state index is -0.268. The minimum absolute atomic E-state index is 0.0543. The van der Waals surface area contributed by atoms with Gasteiger partial charge in [-0.2, -0.15) is 5.10 Å². The smallest absolute Gasteiger partial charge is 0.271 e. The molecule has 0 radical (unpaired) electrons. The second-order valence-electron chi connectivity index (χ2n) is 4.45. The summed E-state index contributed by atoms with van der Waals surface area (Å²) in [5.41, 5.74) is 4.64. The third-order valence-electron chi connectivity index (χ3n) is 2.97. The van der Waals surface area contributed by atoms with E-state index in [4.69, 9.17) is 4.74 Å². The van der Waals surface area contributed by atoms with Crippen molar-refractivity contribution >= 4 is 12.1 Å². The normalized spacial score (nSPS) is 10.6. The summed E-state index contributed by atoms with van der Waals surface area (Å²) in [5, 5.41) is 13.4. The Morgan fingerprint density at radius 1 is 1.29 bits per heavy atom. The number of amides is 1. The zero-order chi connectivity index (χ0) is 15.2. The van der Waals surface area contributed by atoms with E-state index < -0.39 is 0 Å². The molecule has 0 bridgehead atoms. The van der Waals surface area contributed by atoms with Crippen molar-refractivity contribution in [3.8, 4) is 11.5 Å². The lowest BCUT2D eigenvalue weighted by atomic mass is 10.1. The summed E-state index contributed by atoms with van der Waals surface area (Å²) in [4.78, 5) is 11.9. The van der Waals surface area contributed by atoms with Gasteiger partial charge in [0, 0.05) is 5.56 Å². The number of rotatable bonds is 4. The van der Waals surface area contributed by atoms with Gasteiger partial charge in [0.25, 0.3) is 5.91 Å². The summed E-state index contributed by atoms with van der Waals surface area (Å²) in [6, 6.07) is 12.1. The predicted octanol–water partition coefficient (Wildman–Crippen LogP) is 2.47. The third kappa shape index (κ3) is 3.60. The van der Waals surface area contributed by atoms with E-state index in [0.717, 1.165) is 5.56 Å². The number of aromatic hydroxyl groups is 1. The predicted molar refractivity (Wildman–Crippen MR) is 80.9 cm³/mol. The molecule has 0 spiro atoms. The number of nitrogens with zero attached hydrogens (tertiary/aromatic N) is 1. The molecule has 0 aliphatic heterocycles. The molecule has 108 valence electrons. The molecule has 0 fully saturated rings. The summed E-state index contributed by atoms with van der Waals surface area (Å²) in [6.07, 6.45) is 1.48. The number of phenols is 1. The number of hydrogen-bond donors (Lipinski definition) is 2. The van der Waals surface area contributed by atoms with Gasteiger partial charge in [-0.1, -0.05) is 18.2 Å². The molecule has 0 aromatic heterocycles. The average Bonchev–Trinajstić information content (AvgIpc) is 2.49. The Labute approximate surface area is 122 Å². The van der Waals surface area contributed by atoms with E-state index in [1.165, 1.54) is 19.4 Å². The van der Waals surface area contributed by atoms with Crippen LogP contribution in [0.3, 0.4) is 0 Å². The zero-order valence-corrected chi connectivity index (χ0v) is 11.8. The Morgan fingerprint density at radius 2 is 2.05 bits per heavy atom. The molecule has 5 nitrogen and oxygen atoms in total. The van der Waals surface area contributed by atoms with Gasteiger partial charge >= 0.3 is 0 Å². The molecule has 0 aliphatic rings. The van der Waals surface area contributed by atoms with Crippen molar-refractivity contribution in [2.75, 3.05) is 7.11 Å². The van der Waals surface area contributed by atoms with Gasteiger partial charge in [-0.05, 0) is 42.3 Å². The van der Waals surface area contributed by atoms with Crippen molar-refractivity contribution in [3.05, 3.63) is 59.2 Å². The zero-order valence-electron chi connectivity index (χ0n) is 11.8. The Bertz CT molecular complexity index is 681. The molecule has 2 rings (SSSR count). The van der Waals surface area contributed by atoms with Crippen LogP contribution in [0.1, 0.15) is 21.5 Å². The van der Waals surface area contributed by atoms with Crippen LogP contribution in [-0.4, -0.2) is 24.3 Å². The molecule has 0 saturated carbocycles. The Kier molecular flexibility index (Phi) is 4.56. The average molecular weight is 284 g/mol. The lowest BCUT2D eigenvalue weighted by Gasteiger charge is -2.04. The standard InChI is InChI=1S/C16H16N2O3/c1-11-5-3-4-6-13(11)16(20)18-17-10-12-7-8-14(19)15(9-12)21-2/h3-10,19H,1-2H3,(H,18,20). The molecule has 21 heavy (non-hydrogen) atoms. The van der Waals surface area contributed by atoms with Crippen molar-refractivity contribution in [2.45, 2.75) is 6.92 Å². The number of hydrazone groups is 1. The molecule has 0 saturated heterocycles. The number of aryl methyl sites for hydroxylation is 1. The van der Waals surface area contributed by atoms with Crippen molar-refractivity contribution in [1.29, 1.82) is 0 Å². The molecular formula is C16H16N2O3. The number of benzene rings is 2. The van der Waals surface area contributed by atoms with E-state index in [0.29, 0.717) is 16.9 Å². The highest BCUT2D eigenvalue weighted by Crippen LogP contribution is 2.25. The lowest BCUT2D eigenvalue weighted by Crippen LogP contribution is -2.18. The van der Waals surface area contributed by atoms with Gasteiger partial charge in [0.1, 0.15) is 0 Å². The number of ether oxygens (including phenoxy) is 1. The fraction of sp³-hybridized carbons (Fsp3) is 0.125. The largest absolute Gasteiger partial charge is 0.504 e. The molecule has 0 heterocycles. The molecule has 2 aromatic rings. The fourth-order valence-electron chi connectivity index (χ4n) is 1.83. The first-order chi connectivity index (χ1) is 10.1. The lowest BCUT2D eigenvalue weighted by molar-refractivity contribution is 0.0954. The van der Waals surface area contributed by atoms with Crippen molar-refractivity contribution in [1.82, 2.24) is 5.43 Å². The highest BCUT2D eigenvalue weighted by atomic mass is 16.5. The summed E-state index contributed by atoms with van der Waals surface area (Å²) >= 11 is 0. The van der Waals surface area contributed by atoms with Gasteiger partial charge in [0.2, 0.25) is 0 Å². The Morgan fingerprint density at radius 3 is 2.76 bits per heavy atom. The van der Waals surface area contributed by atoms with Crippen LogP contribution in [0.4, 0.5) is 0 Å². The number of phenolic OH excluding ortho intramolecular Hbond substituents is 1. The highest BCUT2D eigenvalue weighted by Gasteiger charge is 2.06. The van der Waals surface area contributed by atoms with Crippen LogP contribution in [-0.2, 0) is 0 Å². The summed E-state index contributed by atoms with van der Waals surface area (Å²) in [6.45, 7) is 1.86. The van der Waals surface area contributed by atoms with Gasteiger partial charge in [0.05, 0.1) is 13.3 Å². The number of carbonyl (C=O) groups excluding carboxylic acids is 1. The van der Waals surface area contributed by atoms with Crippen LogP contribution in [0.15, 0.2) is 47.6 Å². The van der Waals surface area contributed by atoms with E-state index in [9.17, 15) is 9.90 Å². The number of methoxy groups -OCH3 is 1. The molecule has 2 aromatic carbocycles. The maximum Gasteiger partial charge on any atom is 0.271 e. The van der Waals surface area contributed by atoms with Gasteiger partial charge in [-0.25, -0.2) is 5.43 Å². The minimum Gasteiger partial charge on any atom is -0.504 e. The second-order valence-corrected chi connectivity index (χ2v) is 4.45. The SMILES string of the molecule is COc1cc(C=NNC(=O)c2ccccc2C)ccc1O. The molecule has 2 N–H and O–H groups in total. The van der Waals surface area contributed by atoms with E-state index >= 15 is 0 Å². The van der Waals surface area contributed by atoms with Crippen LogP contribution in [0, 0.1) is 6.92 Å². The summed E-state index contributed by atoms with van der Waals surface area (Å²) in [5.74, 6) is 0.137. The van der Waals surface area contributed by atoms with E-state index in [1.807, 2.05) is 19.1 Å². The first kappa shape index (κ1) is 14.6. The Hall–Kier alpha value is -2.82.